The normalized spacial score (nSPS) is 46.8. The lowest BCUT2D eigenvalue weighted by Gasteiger charge is -2.56. The van der Waals surface area contributed by atoms with Gasteiger partial charge in [-0.05, 0) is 76.4 Å². The lowest BCUT2D eigenvalue weighted by atomic mass is 9.61. The second kappa shape index (κ2) is 11.6. The second-order valence-electron chi connectivity index (χ2n) is 15.4. The van der Waals surface area contributed by atoms with Gasteiger partial charge in [0, 0.05) is 24.7 Å². The van der Waals surface area contributed by atoms with E-state index >= 15 is 0 Å². The minimum atomic E-state index is -4.89. The van der Waals surface area contributed by atoms with Gasteiger partial charge in [-0.15, -0.1) is 0 Å². The Morgan fingerprint density at radius 3 is 1.40 bits per heavy atom. The van der Waals surface area contributed by atoms with Crippen molar-refractivity contribution in [2.45, 2.75) is 127 Å². The van der Waals surface area contributed by atoms with E-state index < -0.39 is 82.6 Å². The lowest BCUT2D eigenvalue weighted by molar-refractivity contribution is -0.559. The molecule has 2 spiro atoms. The molecule has 8 heterocycles. The third kappa shape index (κ3) is 5.20. The van der Waals surface area contributed by atoms with E-state index in [0.29, 0.717) is 51.4 Å². The number of fused-ring (bicyclic) bond motifs is 4. The number of rotatable bonds is 6. The minimum absolute atomic E-state index is 0.104. The highest BCUT2D eigenvalue weighted by atomic mass is 19.4. The van der Waals surface area contributed by atoms with E-state index in [9.17, 15) is 26.3 Å². The Hall–Kier alpha value is -2.24. The van der Waals surface area contributed by atoms with Crippen molar-refractivity contribution in [2.75, 3.05) is 13.2 Å². The Bertz CT molecular complexity index is 1360. The smallest absolute Gasteiger partial charge is 0.452 e. The molecule has 2 aliphatic carbocycles. The second-order valence-corrected chi connectivity index (χ2v) is 15.4. The van der Waals surface area contributed by atoms with Crippen LogP contribution in [0.2, 0.25) is 0 Å². The first-order chi connectivity index (χ1) is 23.5. The maximum atomic E-state index is 14.4. The fraction of sp³-hybridized carbons (Fsp3) is 0.824. The lowest BCUT2D eigenvalue weighted by Crippen LogP contribution is -2.67. The van der Waals surface area contributed by atoms with Crippen molar-refractivity contribution in [1.82, 2.24) is 0 Å². The fourth-order valence-corrected chi connectivity index (χ4v) is 9.88. The van der Waals surface area contributed by atoms with Crippen LogP contribution in [-0.2, 0) is 48.0 Å². The van der Waals surface area contributed by atoms with Crippen LogP contribution in [0.25, 0.3) is 0 Å². The van der Waals surface area contributed by atoms with Gasteiger partial charge in [0.15, 0.2) is 22.7 Å². The summed E-state index contributed by atoms with van der Waals surface area (Å²) >= 11 is 0. The first kappa shape index (κ1) is 34.8. The predicted octanol–water partition coefficient (Wildman–Crippen LogP) is 7.62. The van der Waals surface area contributed by atoms with Gasteiger partial charge in [0.25, 0.3) is 0 Å². The third-order valence-corrected chi connectivity index (χ3v) is 12.3. The Morgan fingerprint density at radius 1 is 0.620 bits per heavy atom. The summed E-state index contributed by atoms with van der Waals surface area (Å²) in [6, 6.07) is 0. The van der Waals surface area contributed by atoms with Gasteiger partial charge >= 0.3 is 12.4 Å². The average molecular weight is 725 g/mol. The zero-order valence-corrected chi connectivity index (χ0v) is 28.2. The molecule has 50 heavy (non-hydrogen) atoms. The number of halogens is 6. The summed E-state index contributed by atoms with van der Waals surface area (Å²) in [6.07, 6.45) is -5.78. The standard InChI is InChI=1S/C34H42F6O10/c1-17-7-9-21-23(25(33(35,36)37)43-27-31(21)19(17)11-13-29(3,45-27)47-49-31)41-15-5-6-16-42-24-22-10-8-18(2)20-12-14-30(4)46-28(32(20,22)50-48-30)44-26(24)34(38,39)40/h5-6,17-22,27-28H,7-16H2,1-4H3/b6-5+/t17-,18-,19?,20?,21?,22?,27-,28-,29-,30-,31-,32-/m1/s1. The van der Waals surface area contributed by atoms with E-state index in [1.165, 1.54) is 12.2 Å². The summed E-state index contributed by atoms with van der Waals surface area (Å²) in [7, 11) is 0. The number of allylic oxidation sites excluding steroid dienone is 2. The topological polar surface area (TPSA) is 92.3 Å². The first-order valence-corrected chi connectivity index (χ1v) is 17.5. The van der Waals surface area contributed by atoms with E-state index in [4.69, 9.17) is 48.0 Å². The molecule has 280 valence electrons. The van der Waals surface area contributed by atoms with E-state index in [-0.39, 0.29) is 36.9 Å². The Balaban J connectivity index is 1.02. The number of hydrogen-bond acceptors (Lipinski definition) is 10. The average Bonchev–Trinajstić information content (AvgIpc) is 3.41. The van der Waals surface area contributed by atoms with Crippen LogP contribution < -0.4 is 0 Å². The highest BCUT2D eigenvalue weighted by Crippen LogP contribution is 2.63. The third-order valence-electron chi connectivity index (χ3n) is 12.3. The van der Waals surface area contributed by atoms with Gasteiger partial charge in [-0.1, -0.05) is 13.8 Å². The molecule has 0 aromatic heterocycles. The van der Waals surface area contributed by atoms with E-state index in [1.54, 1.807) is 13.8 Å². The molecule has 2 saturated carbocycles. The molecule has 0 radical (unpaired) electrons. The highest BCUT2D eigenvalue weighted by molar-refractivity contribution is 5.26. The molecule has 0 aromatic rings. The summed E-state index contributed by atoms with van der Waals surface area (Å²) in [4.78, 5) is 23.2. The van der Waals surface area contributed by atoms with Crippen LogP contribution in [0.5, 0.6) is 0 Å². The van der Waals surface area contributed by atoms with Gasteiger partial charge < -0.3 is 28.4 Å². The molecule has 16 heteroatoms. The molecule has 0 aromatic carbocycles. The summed E-state index contributed by atoms with van der Waals surface area (Å²) < 4.78 is 121. The van der Waals surface area contributed by atoms with Crippen LogP contribution in [-0.4, -0.2) is 60.9 Å². The number of alkyl halides is 6. The molecule has 10 aliphatic rings. The maximum Gasteiger partial charge on any atom is 0.452 e. The van der Waals surface area contributed by atoms with E-state index in [2.05, 4.69) is 0 Å². The van der Waals surface area contributed by atoms with Crippen molar-refractivity contribution in [3.8, 4) is 0 Å². The maximum absolute atomic E-state index is 14.4. The van der Waals surface area contributed by atoms with Gasteiger partial charge in [0.05, 0.1) is 11.8 Å². The van der Waals surface area contributed by atoms with Gasteiger partial charge in [-0.25, -0.2) is 19.6 Å². The molecule has 4 unspecified atom stereocenters. The highest BCUT2D eigenvalue weighted by Gasteiger charge is 2.72. The van der Waals surface area contributed by atoms with E-state index in [1.807, 2.05) is 13.8 Å². The van der Waals surface area contributed by atoms with Gasteiger partial charge in [0.2, 0.25) is 35.7 Å². The zero-order chi connectivity index (χ0) is 35.5. The molecule has 10 nitrogen and oxygen atoms in total. The molecule has 0 amide bonds. The van der Waals surface area contributed by atoms with Crippen LogP contribution in [0, 0.1) is 35.5 Å². The molecule has 10 rings (SSSR count). The number of ether oxygens (including phenoxy) is 6. The van der Waals surface area contributed by atoms with Crippen molar-refractivity contribution in [2.24, 2.45) is 35.5 Å². The van der Waals surface area contributed by atoms with Crippen LogP contribution in [0.4, 0.5) is 26.3 Å². The van der Waals surface area contributed by atoms with Crippen LogP contribution >= 0.6 is 0 Å². The van der Waals surface area contributed by atoms with Crippen molar-refractivity contribution in [3.63, 3.8) is 0 Å². The molecule has 12 atom stereocenters. The van der Waals surface area contributed by atoms with Crippen molar-refractivity contribution >= 4 is 0 Å². The first-order valence-electron chi connectivity index (χ1n) is 17.5. The van der Waals surface area contributed by atoms with E-state index in [0.717, 1.165) is 0 Å². The molecule has 8 fully saturated rings. The summed E-state index contributed by atoms with van der Waals surface area (Å²) in [5, 5.41) is 0. The van der Waals surface area contributed by atoms with Crippen LogP contribution in [0.15, 0.2) is 35.2 Å². The molecule has 8 aliphatic heterocycles. The fourth-order valence-electron chi connectivity index (χ4n) is 9.88. The van der Waals surface area contributed by atoms with Gasteiger partial charge in [0.1, 0.15) is 13.2 Å². The monoisotopic (exact) mass is 724 g/mol. The molecular formula is C34H42F6O10. The number of hydrogen-bond donors (Lipinski definition) is 0. The summed E-state index contributed by atoms with van der Waals surface area (Å²) in [5.41, 5.74) is -2.69. The largest absolute Gasteiger partial charge is 0.490 e. The van der Waals surface area contributed by atoms with Crippen molar-refractivity contribution in [3.05, 3.63) is 35.2 Å². The summed E-state index contributed by atoms with van der Waals surface area (Å²) in [6.45, 7) is 6.59. The molecule has 4 bridgehead atoms. The minimum Gasteiger partial charge on any atom is -0.490 e. The Kier molecular flexibility index (Phi) is 8.10. The molecule has 0 N–H and O–H groups in total. The predicted molar refractivity (Wildman–Crippen MR) is 155 cm³/mol. The Morgan fingerprint density at radius 2 is 1.02 bits per heavy atom. The van der Waals surface area contributed by atoms with Crippen LogP contribution in [0.3, 0.4) is 0 Å². The SMILES string of the molecule is C[C@@H]1CCC2C(OC/C=C/COC3=C(C(F)(F)F)O[C@@H]4O[C@@]5(C)CCC6[C@H](C)CCC3[C@]64OO5)=C(C(F)(F)F)O[C@@H]3O[C@@]4(C)CCC1[C@@]23OO4. The van der Waals surface area contributed by atoms with Crippen molar-refractivity contribution in [1.29, 1.82) is 0 Å². The molecular weight excluding hydrogens is 682 g/mol. The van der Waals surface area contributed by atoms with Gasteiger partial charge in [-0.2, -0.15) is 26.3 Å². The van der Waals surface area contributed by atoms with Crippen molar-refractivity contribution < 1.29 is 74.3 Å². The summed E-state index contributed by atoms with van der Waals surface area (Å²) in [5.74, 6) is -7.89. The molecule has 6 saturated heterocycles. The Labute approximate surface area is 285 Å². The quantitative estimate of drug-likeness (QED) is 0.155. The zero-order valence-electron chi connectivity index (χ0n) is 28.2. The van der Waals surface area contributed by atoms with Gasteiger partial charge in [-0.3, -0.25) is 0 Å². The van der Waals surface area contributed by atoms with Crippen LogP contribution in [0.1, 0.15) is 79.1 Å².